The Morgan fingerprint density at radius 2 is 2.21 bits per heavy atom. The number of aromatic nitrogens is 4. The molecule has 0 atom stereocenters. The summed E-state index contributed by atoms with van der Waals surface area (Å²) in [6.45, 7) is 1.69. The summed E-state index contributed by atoms with van der Waals surface area (Å²) in [5.74, 6) is 0.160. The molecule has 0 aliphatic carbocycles. The van der Waals surface area contributed by atoms with Crippen molar-refractivity contribution in [3.05, 3.63) is 53.7 Å². The fourth-order valence-corrected chi connectivity index (χ4v) is 2.77. The number of hydrogen-bond acceptors (Lipinski definition) is 6. The Kier molecular flexibility index (Phi) is 4.62. The summed E-state index contributed by atoms with van der Waals surface area (Å²) >= 11 is 1.20. The van der Waals surface area contributed by atoms with Gasteiger partial charge in [-0.3, -0.25) is 14.2 Å². The second kappa shape index (κ2) is 7.01. The molecule has 2 amide bonds. The van der Waals surface area contributed by atoms with Crippen molar-refractivity contribution in [1.82, 2.24) is 24.8 Å². The molecule has 24 heavy (non-hydrogen) atoms. The molecular formula is C15H14N6O2S. The van der Waals surface area contributed by atoms with Crippen molar-refractivity contribution in [3.8, 4) is 5.82 Å². The van der Waals surface area contributed by atoms with Gasteiger partial charge in [-0.15, -0.1) is 11.3 Å². The molecule has 3 aromatic heterocycles. The van der Waals surface area contributed by atoms with Gasteiger partial charge in [0.15, 0.2) is 5.13 Å². The van der Waals surface area contributed by atoms with Crippen molar-refractivity contribution in [3.63, 3.8) is 0 Å². The Hall–Kier alpha value is -3.07. The van der Waals surface area contributed by atoms with E-state index >= 15 is 0 Å². The molecule has 2 N–H and O–H groups in total. The molecule has 0 spiro atoms. The van der Waals surface area contributed by atoms with Crippen molar-refractivity contribution < 1.29 is 9.59 Å². The average molecular weight is 342 g/mol. The molecule has 3 heterocycles. The zero-order valence-corrected chi connectivity index (χ0v) is 13.6. The Bertz CT molecular complexity index is 858. The number of anilines is 1. The minimum atomic E-state index is -0.316. The van der Waals surface area contributed by atoms with Crippen molar-refractivity contribution in [2.45, 2.75) is 13.5 Å². The first kappa shape index (κ1) is 15.8. The first-order chi connectivity index (χ1) is 11.6. The molecule has 0 radical (unpaired) electrons. The molecule has 3 aromatic rings. The van der Waals surface area contributed by atoms with E-state index in [-0.39, 0.29) is 17.5 Å². The molecule has 0 aliphatic heterocycles. The highest BCUT2D eigenvalue weighted by Crippen LogP contribution is 2.16. The molecule has 8 nitrogen and oxygen atoms in total. The molecule has 0 unspecified atom stereocenters. The fourth-order valence-electron chi connectivity index (χ4n) is 2.04. The highest BCUT2D eigenvalue weighted by atomic mass is 32.1. The maximum atomic E-state index is 12.2. The minimum Gasteiger partial charge on any atom is -0.346 e. The van der Waals surface area contributed by atoms with E-state index in [2.05, 4.69) is 25.6 Å². The monoisotopic (exact) mass is 342 g/mol. The van der Waals surface area contributed by atoms with Crippen LogP contribution >= 0.6 is 11.3 Å². The second-order valence-electron chi connectivity index (χ2n) is 4.86. The van der Waals surface area contributed by atoms with Gasteiger partial charge in [-0.05, 0) is 6.07 Å². The van der Waals surface area contributed by atoms with Crippen LogP contribution in [0.3, 0.4) is 0 Å². The van der Waals surface area contributed by atoms with Gasteiger partial charge < -0.3 is 10.6 Å². The Morgan fingerprint density at radius 1 is 1.33 bits per heavy atom. The van der Waals surface area contributed by atoms with Gasteiger partial charge in [0.2, 0.25) is 5.91 Å². The number of amides is 2. The van der Waals surface area contributed by atoms with Crippen LogP contribution in [0.1, 0.15) is 23.0 Å². The van der Waals surface area contributed by atoms with Crippen LogP contribution in [0.2, 0.25) is 0 Å². The lowest BCUT2D eigenvalue weighted by Gasteiger charge is -2.09. The number of imidazole rings is 1. The third-order valence-corrected chi connectivity index (χ3v) is 3.83. The number of carbonyl (C=O) groups is 2. The average Bonchev–Trinajstić information content (AvgIpc) is 3.24. The van der Waals surface area contributed by atoms with Crippen LogP contribution in [0.5, 0.6) is 0 Å². The van der Waals surface area contributed by atoms with Crippen LogP contribution in [-0.2, 0) is 11.3 Å². The molecule has 0 saturated heterocycles. The number of nitrogens with zero attached hydrogens (tertiary/aromatic N) is 4. The molecule has 0 saturated carbocycles. The van der Waals surface area contributed by atoms with Crippen LogP contribution in [-0.4, -0.2) is 31.3 Å². The fraction of sp³-hybridized carbons (Fsp3) is 0.133. The summed E-state index contributed by atoms with van der Waals surface area (Å²) < 4.78 is 1.78. The molecule has 3 rings (SSSR count). The van der Waals surface area contributed by atoms with Crippen molar-refractivity contribution in [2.75, 3.05) is 5.32 Å². The van der Waals surface area contributed by atoms with Gasteiger partial charge in [0, 0.05) is 43.0 Å². The van der Waals surface area contributed by atoms with Gasteiger partial charge in [-0.2, -0.15) is 0 Å². The van der Waals surface area contributed by atoms with Gasteiger partial charge in [-0.1, -0.05) is 6.07 Å². The maximum absolute atomic E-state index is 12.2. The first-order valence-electron chi connectivity index (χ1n) is 7.07. The number of nitrogens with one attached hydrogen (secondary N) is 2. The normalized spacial score (nSPS) is 10.4. The first-order valence-corrected chi connectivity index (χ1v) is 7.95. The van der Waals surface area contributed by atoms with E-state index in [9.17, 15) is 9.59 Å². The van der Waals surface area contributed by atoms with E-state index in [4.69, 9.17) is 0 Å². The van der Waals surface area contributed by atoms with Crippen LogP contribution in [0.15, 0.2) is 42.4 Å². The van der Waals surface area contributed by atoms with Crippen LogP contribution in [0, 0.1) is 0 Å². The zero-order valence-electron chi connectivity index (χ0n) is 12.8. The van der Waals surface area contributed by atoms with Gasteiger partial charge >= 0.3 is 0 Å². The smallest absolute Gasteiger partial charge is 0.271 e. The summed E-state index contributed by atoms with van der Waals surface area (Å²) in [7, 11) is 0. The molecule has 122 valence electrons. The number of pyridine rings is 1. The quantitative estimate of drug-likeness (QED) is 0.733. The van der Waals surface area contributed by atoms with E-state index in [0.717, 1.165) is 5.56 Å². The second-order valence-corrected chi connectivity index (χ2v) is 5.72. The predicted octanol–water partition coefficient (Wildman–Crippen LogP) is 1.61. The summed E-state index contributed by atoms with van der Waals surface area (Å²) in [6.07, 6.45) is 6.78. The van der Waals surface area contributed by atoms with Gasteiger partial charge in [0.05, 0.1) is 0 Å². The molecule has 0 fully saturated rings. The summed E-state index contributed by atoms with van der Waals surface area (Å²) in [5.41, 5.74) is 1.11. The summed E-state index contributed by atoms with van der Waals surface area (Å²) in [5, 5.41) is 7.35. The zero-order chi connectivity index (χ0) is 16.9. The Balaban J connectivity index is 1.69. The van der Waals surface area contributed by atoms with E-state index in [0.29, 0.717) is 17.5 Å². The minimum absolute atomic E-state index is 0.225. The van der Waals surface area contributed by atoms with Gasteiger partial charge in [0.1, 0.15) is 17.8 Å². The topological polar surface area (TPSA) is 102 Å². The standard InChI is InChI=1S/C15H14N6O2S/c1-10(22)19-15-20-12(8-24-15)14(23)18-7-11-3-2-4-17-13(11)21-6-5-16-9-21/h2-6,8-9H,7H2,1H3,(H,18,23)(H,19,20,22). The van der Waals surface area contributed by atoms with Gasteiger partial charge in [0.25, 0.3) is 5.91 Å². The SMILES string of the molecule is CC(=O)Nc1nc(C(=O)NCc2cccnc2-n2ccnc2)cs1. The number of thiazole rings is 1. The van der Waals surface area contributed by atoms with E-state index in [1.807, 2.05) is 6.07 Å². The highest BCUT2D eigenvalue weighted by Gasteiger charge is 2.12. The van der Waals surface area contributed by atoms with Crippen molar-refractivity contribution >= 4 is 28.3 Å². The van der Waals surface area contributed by atoms with E-state index in [1.165, 1.54) is 18.3 Å². The molecule has 9 heteroatoms. The third-order valence-electron chi connectivity index (χ3n) is 3.08. The molecule has 0 bridgehead atoms. The Morgan fingerprint density at radius 3 is 2.96 bits per heavy atom. The number of rotatable bonds is 5. The van der Waals surface area contributed by atoms with Crippen LogP contribution in [0.25, 0.3) is 5.82 Å². The van der Waals surface area contributed by atoms with Gasteiger partial charge in [-0.25, -0.2) is 15.0 Å². The number of carbonyl (C=O) groups excluding carboxylic acids is 2. The van der Waals surface area contributed by atoms with Crippen molar-refractivity contribution in [2.24, 2.45) is 0 Å². The summed E-state index contributed by atoms with van der Waals surface area (Å²) in [4.78, 5) is 35.6. The van der Waals surface area contributed by atoms with Crippen LogP contribution in [0.4, 0.5) is 5.13 Å². The summed E-state index contributed by atoms with van der Waals surface area (Å²) in [6, 6.07) is 3.69. The molecular weight excluding hydrogens is 328 g/mol. The highest BCUT2D eigenvalue weighted by molar-refractivity contribution is 7.14. The molecule has 0 aliphatic rings. The predicted molar refractivity (Wildman–Crippen MR) is 88.9 cm³/mol. The lowest BCUT2D eigenvalue weighted by molar-refractivity contribution is -0.114. The third kappa shape index (κ3) is 3.63. The van der Waals surface area contributed by atoms with Crippen LogP contribution < -0.4 is 10.6 Å². The number of hydrogen-bond donors (Lipinski definition) is 2. The molecule has 0 aromatic carbocycles. The van der Waals surface area contributed by atoms with E-state index in [1.54, 1.807) is 40.9 Å². The lowest BCUT2D eigenvalue weighted by atomic mass is 10.2. The van der Waals surface area contributed by atoms with Crippen molar-refractivity contribution in [1.29, 1.82) is 0 Å². The lowest BCUT2D eigenvalue weighted by Crippen LogP contribution is -2.24. The largest absolute Gasteiger partial charge is 0.346 e. The van der Waals surface area contributed by atoms with E-state index < -0.39 is 0 Å². The Labute approximate surface area is 141 Å². The maximum Gasteiger partial charge on any atom is 0.271 e.